The molecule has 6 nitrogen and oxygen atoms in total. The molecule has 1 aliphatic heterocycles. The lowest BCUT2D eigenvalue weighted by Gasteiger charge is -2.23. The normalized spacial score (nSPS) is 15.8. The fourth-order valence-corrected chi connectivity index (χ4v) is 3.01. The number of carbonyl (C=O) groups excluding carboxylic acids is 2. The van der Waals surface area contributed by atoms with Crippen LogP contribution < -0.4 is 5.32 Å². The number of ether oxygens (including phenoxy) is 1. The standard InChI is InChI=1S/C20H17N3O3/c24-19(18-12-15-6-1-2-8-17(15)20(25)26-18)21-13-14-5-3-7-16(11-14)23-10-4-9-22-23/h1-11,18H,12-13H2,(H,21,24). The molecular weight excluding hydrogens is 330 g/mol. The highest BCUT2D eigenvalue weighted by molar-refractivity contribution is 5.95. The number of nitrogens with zero attached hydrogens (tertiary/aromatic N) is 2. The van der Waals surface area contributed by atoms with Gasteiger partial charge in [0.1, 0.15) is 0 Å². The number of benzene rings is 2. The first-order valence-electron chi connectivity index (χ1n) is 8.36. The number of fused-ring (bicyclic) bond motifs is 1. The summed E-state index contributed by atoms with van der Waals surface area (Å²) in [5.41, 5.74) is 3.22. The van der Waals surface area contributed by atoms with E-state index in [4.69, 9.17) is 4.74 Å². The molecule has 1 aliphatic rings. The summed E-state index contributed by atoms with van der Waals surface area (Å²) in [5.74, 6) is -0.745. The zero-order valence-electron chi connectivity index (χ0n) is 14.0. The summed E-state index contributed by atoms with van der Waals surface area (Å²) in [6, 6.07) is 16.8. The molecule has 3 aromatic rings. The summed E-state index contributed by atoms with van der Waals surface area (Å²) in [6.45, 7) is 0.351. The third-order valence-corrected chi connectivity index (χ3v) is 4.33. The summed E-state index contributed by atoms with van der Waals surface area (Å²) in [6.07, 6.45) is 3.16. The monoisotopic (exact) mass is 347 g/mol. The smallest absolute Gasteiger partial charge is 0.339 e. The van der Waals surface area contributed by atoms with E-state index in [1.807, 2.05) is 48.7 Å². The van der Waals surface area contributed by atoms with Gasteiger partial charge < -0.3 is 10.1 Å². The van der Waals surface area contributed by atoms with Crippen LogP contribution in [0.2, 0.25) is 0 Å². The van der Waals surface area contributed by atoms with E-state index in [-0.39, 0.29) is 5.91 Å². The molecule has 0 saturated carbocycles. The average molecular weight is 347 g/mol. The number of aromatic nitrogens is 2. The number of hydrogen-bond acceptors (Lipinski definition) is 4. The van der Waals surface area contributed by atoms with Crippen molar-refractivity contribution in [2.45, 2.75) is 19.1 Å². The first-order chi connectivity index (χ1) is 12.7. The van der Waals surface area contributed by atoms with Gasteiger partial charge in [0.05, 0.1) is 11.3 Å². The van der Waals surface area contributed by atoms with E-state index < -0.39 is 12.1 Å². The lowest BCUT2D eigenvalue weighted by molar-refractivity contribution is -0.130. The van der Waals surface area contributed by atoms with Crippen LogP contribution in [0, 0.1) is 0 Å². The summed E-state index contributed by atoms with van der Waals surface area (Å²) < 4.78 is 7.04. The molecule has 130 valence electrons. The maximum Gasteiger partial charge on any atom is 0.339 e. The van der Waals surface area contributed by atoms with Gasteiger partial charge in [-0.15, -0.1) is 0 Å². The summed E-state index contributed by atoms with van der Waals surface area (Å²) in [5, 5.41) is 7.04. The third-order valence-electron chi connectivity index (χ3n) is 4.33. The Bertz CT molecular complexity index is 950. The van der Waals surface area contributed by atoms with Crippen LogP contribution in [0.1, 0.15) is 21.5 Å². The van der Waals surface area contributed by atoms with Gasteiger partial charge in [0, 0.05) is 25.4 Å². The highest BCUT2D eigenvalue weighted by atomic mass is 16.5. The fourth-order valence-electron chi connectivity index (χ4n) is 3.01. The Morgan fingerprint density at radius 3 is 2.92 bits per heavy atom. The fraction of sp³-hybridized carbons (Fsp3) is 0.150. The van der Waals surface area contributed by atoms with Gasteiger partial charge in [-0.25, -0.2) is 9.48 Å². The van der Waals surface area contributed by atoms with Crippen molar-refractivity contribution in [2.24, 2.45) is 0 Å². The number of cyclic esters (lactones) is 1. The predicted octanol–water partition coefficient (Wildman–Crippen LogP) is 2.27. The van der Waals surface area contributed by atoms with Crippen LogP contribution in [0.4, 0.5) is 0 Å². The zero-order chi connectivity index (χ0) is 17.9. The molecule has 0 saturated heterocycles. The number of amides is 1. The molecule has 2 heterocycles. The average Bonchev–Trinajstić information content (AvgIpc) is 3.21. The second-order valence-electron chi connectivity index (χ2n) is 6.09. The highest BCUT2D eigenvalue weighted by Crippen LogP contribution is 2.20. The van der Waals surface area contributed by atoms with Gasteiger partial charge in [0.2, 0.25) is 0 Å². The zero-order valence-corrected chi connectivity index (χ0v) is 14.0. The quantitative estimate of drug-likeness (QED) is 0.735. The van der Waals surface area contributed by atoms with Crippen molar-refractivity contribution in [3.8, 4) is 5.69 Å². The Labute approximate surface area is 150 Å². The highest BCUT2D eigenvalue weighted by Gasteiger charge is 2.30. The molecular formula is C20H17N3O3. The minimum Gasteiger partial charge on any atom is -0.448 e. The number of carbonyl (C=O) groups is 2. The van der Waals surface area contributed by atoms with Crippen molar-refractivity contribution in [3.63, 3.8) is 0 Å². The number of nitrogens with one attached hydrogen (secondary N) is 1. The van der Waals surface area contributed by atoms with Gasteiger partial charge in [0.15, 0.2) is 6.10 Å². The lowest BCUT2D eigenvalue weighted by atomic mass is 9.98. The van der Waals surface area contributed by atoms with E-state index in [0.29, 0.717) is 18.5 Å². The van der Waals surface area contributed by atoms with Gasteiger partial charge in [-0.3, -0.25) is 4.79 Å². The SMILES string of the molecule is O=C1OC(C(=O)NCc2cccc(-n3cccn3)c2)Cc2ccccc21. The maximum atomic E-state index is 12.4. The van der Waals surface area contributed by atoms with E-state index in [1.165, 1.54) is 0 Å². The van der Waals surface area contributed by atoms with Gasteiger partial charge in [-0.2, -0.15) is 5.10 Å². The first-order valence-corrected chi connectivity index (χ1v) is 8.36. The Morgan fingerprint density at radius 1 is 1.19 bits per heavy atom. The molecule has 6 heteroatoms. The van der Waals surface area contributed by atoms with Crippen LogP contribution in [0.5, 0.6) is 0 Å². The van der Waals surface area contributed by atoms with Gasteiger partial charge in [-0.05, 0) is 35.4 Å². The topological polar surface area (TPSA) is 73.2 Å². The van der Waals surface area contributed by atoms with Crippen LogP contribution in [0.3, 0.4) is 0 Å². The molecule has 1 N–H and O–H groups in total. The van der Waals surface area contributed by atoms with Crippen LogP contribution >= 0.6 is 0 Å². The maximum absolute atomic E-state index is 12.4. The minimum atomic E-state index is -0.799. The van der Waals surface area contributed by atoms with Crippen molar-refractivity contribution < 1.29 is 14.3 Å². The Hall–Kier alpha value is -3.41. The molecule has 1 unspecified atom stereocenters. The van der Waals surface area contributed by atoms with Crippen LogP contribution in [0.15, 0.2) is 67.0 Å². The summed E-state index contributed by atoms with van der Waals surface area (Å²) >= 11 is 0. The van der Waals surface area contributed by atoms with Crippen molar-refractivity contribution in [3.05, 3.63) is 83.7 Å². The molecule has 1 amide bonds. The number of esters is 1. The van der Waals surface area contributed by atoms with E-state index in [9.17, 15) is 9.59 Å². The van der Waals surface area contributed by atoms with Crippen molar-refractivity contribution >= 4 is 11.9 Å². The van der Waals surface area contributed by atoms with Gasteiger partial charge in [0.25, 0.3) is 5.91 Å². The molecule has 2 aromatic carbocycles. The van der Waals surface area contributed by atoms with E-state index in [1.54, 1.807) is 23.0 Å². The number of hydrogen-bond donors (Lipinski definition) is 1. The second kappa shape index (κ2) is 6.84. The lowest BCUT2D eigenvalue weighted by Crippen LogP contribution is -2.41. The minimum absolute atomic E-state index is 0.294. The van der Waals surface area contributed by atoms with E-state index >= 15 is 0 Å². The summed E-state index contributed by atoms with van der Waals surface area (Å²) in [7, 11) is 0. The molecule has 1 aromatic heterocycles. The van der Waals surface area contributed by atoms with Gasteiger partial charge in [-0.1, -0.05) is 30.3 Å². The molecule has 0 spiro atoms. The Balaban J connectivity index is 1.42. The molecule has 0 radical (unpaired) electrons. The Morgan fingerprint density at radius 2 is 2.08 bits per heavy atom. The van der Waals surface area contributed by atoms with Crippen LogP contribution in [-0.4, -0.2) is 27.8 Å². The van der Waals surface area contributed by atoms with Gasteiger partial charge >= 0.3 is 5.97 Å². The van der Waals surface area contributed by atoms with Crippen LogP contribution in [-0.2, 0) is 22.5 Å². The van der Waals surface area contributed by atoms with Crippen molar-refractivity contribution in [2.75, 3.05) is 0 Å². The Kier molecular flexibility index (Phi) is 4.23. The van der Waals surface area contributed by atoms with Crippen molar-refractivity contribution in [1.29, 1.82) is 0 Å². The number of rotatable bonds is 4. The molecule has 0 bridgehead atoms. The first kappa shape index (κ1) is 16.1. The van der Waals surface area contributed by atoms with E-state index in [2.05, 4.69) is 10.4 Å². The second-order valence-corrected chi connectivity index (χ2v) is 6.09. The van der Waals surface area contributed by atoms with Crippen LogP contribution in [0.25, 0.3) is 5.69 Å². The van der Waals surface area contributed by atoms with Crippen molar-refractivity contribution in [1.82, 2.24) is 15.1 Å². The molecule has 0 fully saturated rings. The summed E-state index contributed by atoms with van der Waals surface area (Å²) in [4.78, 5) is 24.5. The molecule has 26 heavy (non-hydrogen) atoms. The molecule has 1 atom stereocenters. The largest absolute Gasteiger partial charge is 0.448 e. The molecule has 4 rings (SSSR count). The van der Waals surface area contributed by atoms with E-state index in [0.717, 1.165) is 16.8 Å². The predicted molar refractivity (Wildman–Crippen MR) is 94.8 cm³/mol. The molecule has 0 aliphatic carbocycles. The third kappa shape index (κ3) is 3.21.